The third kappa shape index (κ3) is 1.97. The highest BCUT2D eigenvalue weighted by Gasteiger charge is 2.26. The number of hydrogen-bond donors (Lipinski definition) is 0. The molecule has 0 saturated heterocycles. The van der Waals surface area contributed by atoms with Gasteiger partial charge in [-0.3, -0.25) is 4.79 Å². The van der Waals surface area contributed by atoms with Gasteiger partial charge in [-0.15, -0.1) is 0 Å². The highest BCUT2D eigenvalue weighted by Crippen LogP contribution is 2.27. The zero-order chi connectivity index (χ0) is 7.56. The molecule has 0 aromatic rings. The Morgan fingerprint density at radius 2 is 2.30 bits per heavy atom. The lowest BCUT2D eigenvalue weighted by Gasteiger charge is -2.12. The first-order chi connectivity index (χ1) is 4.70. The summed E-state index contributed by atoms with van der Waals surface area (Å²) in [5.41, 5.74) is 0. The molecule has 2 nitrogen and oxygen atoms in total. The van der Waals surface area contributed by atoms with Crippen molar-refractivity contribution < 1.29 is 9.53 Å². The maximum absolute atomic E-state index is 10.5. The van der Waals surface area contributed by atoms with Gasteiger partial charge in [0.15, 0.2) is 0 Å². The van der Waals surface area contributed by atoms with Crippen molar-refractivity contribution in [1.29, 1.82) is 0 Å². The average Bonchev–Trinajstić information content (AvgIpc) is 2.15. The van der Waals surface area contributed by atoms with Crippen molar-refractivity contribution in [2.75, 3.05) is 0 Å². The number of esters is 1. The lowest BCUT2D eigenvalue weighted by Crippen LogP contribution is -2.20. The van der Waals surface area contributed by atoms with Gasteiger partial charge in [-0.1, -0.05) is 15.9 Å². The molecule has 10 heavy (non-hydrogen) atoms. The third-order valence-corrected chi connectivity index (χ3v) is 2.74. The molecule has 0 aliphatic heterocycles. The van der Waals surface area contributed by atoms with Crippen LogP contribution in [-0.4, -0.2) is 16.9 Å². The average molecular weight is 207 g/mol. The molecule has 0 N–H and O–H groups in total. The molecule has 0 aromatic heterocycles. The summed E-state index contributed by atoms with van der Waals surface area (Å²) in [6.07, 6.45) is 3.42. The third-order valence-electron chi connectivity index (χ3n) is 1.69. The number of rotatable bonds is 1. The molecule has 3 heteroatoms. The Morgan fingerprint density at radius 3 is 2.70 bits per heavy atom. The minimum Gasteiger partial charge on any atom is -0.461 e. The molecule has 1 rings (SSSR count). The van der Waals surface area contributed by atoms with Crippen LogP contribution in [0.4, 0.5) is 0 Å². The van der Waals surface area contributed by atoms with Crippen molar-refractivity contribution in [2.45, 2.75) is 37.1 Å². The number of hydrogen-bond acceptors (Lipinski definition) is 2. The van der Waals surface area contributed by atoms with Gasteiger partial charge in [0.05, 0.1) is 4.83 Å². The van der Waals surface area contributed by atoms with E-state index in [9.17, 15) is 4.79 Å². The Morgan fingerprint density at radius 1 is 1.60 bits per heavy atom. The molecular weight excluding hydrogens is 196 g/mol. The molecule has 0 radical (unpaired) electrons. The first kappa shape index (κ1) is 8.05. The van der Waals surface area contributed by atoms with Crippen LogP contribution >= 0.6 is 15.9 Å². The van der Waals surface area contributed by atoms with E-state index in [1.165, 1.54) is 6.92 Å². The van der Waals surface area contributed by atoms with Crippen LogP contribution in [0.15, 0.2) is 0 Å². The van der Waals surface area contributed by atoms with E-state index < -0.39 is 0 Å². The quantitative estimate of drug-likeness (QED) is 0.484. The number of carbonyl (C=O) groups excluding carboxylic acids is 1. The van der Waals surface area contributed by atoms with Crippen molar-refractivity contribution >= 4 is 21.9 Å². The molecule has 0 unspecified atom stereocenters. The molecule has 0 heterocycles. The predicted octanol–water partition coefficient (Wildman–Crippen LogP) is 1.87. The smallest absolute Gasteiger partial charge is 0.302 e. The molecule has 1 fully saturated rings. The van der Waals surface area contributed by atoms with Crippen LogP contribution in [0.5, 0.6) is 0 Å². The van der Waals surface area contributed by atoms with Crippen LogP contribution in [0.2, 0.25) is 0 Å². The van der Waals surface area contributed by atoms with Crippen LogP contribution in [0, 0.1) is 0 Å². The van der Waals surface area contributed by atoms with Crippen molar-refractivity contribution in [2.24, 2.45) is 0 Å². The SMILES string of the molecule is CC(=O)O[C@H]1CCC[C@@H]1Br. The molecule has 1 saturated carbocycles. The van der Waals surface area contributed by atoms with Gasteiger partial charge in [0.25, 0.3) is 0 Å². The second-order valence-corrected chi connectivity index (χ2v) is 3.77. The minimum absolute atomic E-state index is 0.123. The zero-order valence-electron chi connectivity index (χ0n) is 5.97. The second kappa shape index (κ2) is 3.37. The van der Waals surface area contributed by atoms with Crippen LogP contribution in [0.25, 0.3) is 0 Å². The maximum atomic E-state index is 10.5. The highest BCUT2D eigenvalue weighted by molar-refractivity contribution is 9.09. The molecule has 0 bridgehead atoms. The summed E-state index contributed by atoms with van der Waals surface area (Å²) in [5, 5.41) is 0. The maximum Gasteiger partial charge on any atom is 0.302 e. The second-order valence-electron chi connectivity index (χ2n) is 2.59. The fraction of sp³-hybridized carbons (Fsp3) is 0.857. The van der Waals surface area contributed by atoms with Crippen LogP contribution < -0.4 is 0 Å². The Balaban J connectivity index is 2.33. The Hall–Kier alpha value is -0.0500. The van der Waals surface area contributed by atoms with Gasteiger partial charge in [-0.2, -0.15) is 0 Å². The van der Waals surface area contributed by atoms with Gasteiger partial charge in [0.2, 0.25) is 0 Å². The van der Waals surface area contributed by atoms with Crippen molar-refractivity contribution in [3.05, 3.63) is 0 Å². The molecular formula is C7H11BrO2. The predicted molar refractivity (Wildman–Crippen MR) is 42.1 cm³/mol. The van der Waals surface area contributed by atoms with E-state index in [0.29, 0.717) is 4.83 Å². The van der Waals surface area contributed by atoms with Gasteiger partial charge < -0.3 is 4.74 Å². The summed E-state index contributed by atoms with van der Waals surface area (Å²) in [4.78, 5) is 10.9. The largest absolute Gasteiger partial charge is 0.461 e. The summed E-state index contributed by atoms with van der Waals surface area (Å²) >= 11 is 3.46. The van der Waals surface area contributed by atoms with Crippen LogP contribution in [0.3, 0.4) is 0 Å². The normalized spacial score (nSPS) is 32.2. The summed E-state index contributed by atoms with van der Waals surface area (Å²) in [6.45, 7) is 1.46. The highest BCUT2D eigenvalue weighted by atomic mass is 79.9. The van der Waals surface area contributed by atoms with E-state index >= 15 is 0 Å². The monoisotopic (exact) mass is 206 g/mol. The summed E-state index contributed by atoms with van der Waals surface area (Å²) in [5.74, 6) is -0.170. The molecule has 0 aromatic carbocycles. The topological polar surface area (TPSA) is 26.3 Å². The van der Waals surface area contributed by atoms with E-state index in [1.54, 1.807) is 0 Å². The van der Waals surface area contributed by atoms with Gasteiger partial charge in [0, 0.05) is 6.92 Å². The summed E-state index contributed by atoms with van der Waals surface area (Å²) in [6, 6.07) is 0. The number of carbonyl (C=O) groups is 1. The minimum atomic E-state index is -0.170. The van der Waals surface area contributed by atoms with Gasteiger partial charge in [0.1, 0.15) is 6.10 Å². The van der Waals surface area contributed by atoms with Gasteiger partial charge in [-0.25, -0.2) is 0 Å². The van der Waals surface area contributed by atoms with Crippen molar-refractivity contribution in [1.82, 2.24) is 0 Å². The lowest BCUT2D eigenvalue weighted by molar-refractivity contribution is -0.145. The first-order valence-electron chi connectivity index (χ1n) is 3.51. The van der Waals surface area contributed by atoms with E-state index in [4.69, 9.17) is 4.74 Å². The van der Waals surface area contributed by atoms with Crippen LogP contribution in [-0.2, 0) is 9.53 Å². The zero-order valence-corrected chi connectivity index (χ0v) is 7.56. The van der Waals surface area contributed by atoms with Crippen molar-refractivity contribution in [3.63, 3.8) is 0 Å². The van der Waals surface area contributed by atoms with Crippen LogP contribution in [0.1, 0.15) is 26.2 Å². The van der Waals surface area contributed by atoms with Crippen molar-refractivity contribution in [3.8, 4) is 0 Å². The van der Waals surface area contributed by atoms with Gasteiger partial charge >= 0.3 is 5.97 Å². The number of ether oxygens (including phenoxy) is 1. The van der Waals surface area contributed by atoms with E-state index in [1.807, 2.05) is 0 Å². The fourth-order valence-corrected chi connectivity index (χ4v) is 1.92. The summed E-state index contributed by atoms with van der Waals surface area (Å²) < 4.78 is 5.04. The van der Waals surface area contributed by atoms with Gasteiger partial charge in [-0.05, 0) is 19.3 Å². The fourth-order valence-electron chi connectivity index (χ4n) is 1.23. The Labute approximate surface area is 69.1 Å². The molecule has 1 aliphatic rings. The number of halogens is 1. The number of alkyl halides is 1. The van der Waals surface area contributed by atoms with E-state index in [0.717, 1.165) is 19.3 Å². The van der Waals surface area contributed by atoms with E-state index in [2.05, 4.69) is 15.9 Å². The molecule has 0 spiro atoms. The Bertz CT molecular complexity index is 136. The summed E-state index contributed by atoms with van der Waals surface area (Å²) in [7, 11) is 0. The lowest BCUT2D eigenvalue weighted by atomic mass is 10.3. The van der Waals surface area contributed by atoms with E-state index in [-0.39, 0.29) is 12.1 Å². The molecule has 2 atom stereocenters. The standard InChI is InChI=1S/C7H11BrO2/c1-5(9)10-7-4-2-3-6(7)8/h6-7H,2-4H2,1H3/t6-,7-/m0/s1. The molecule has 0 amide bonds. The first-order valence-corrected chi connectivity index (χ1v) is 4.43. The molecule has 58 valence electrons. The molecule has 1 aliphatic carbocycles. The Kier molecular flexibility index (Phi) is 2.72.